The number of esters is 3. The number of carbonyl (C=O) groups excluding carboxylic acids is 3. The summed E-state index contributed by atoms with van der Waals surface area (Å²) in [5.74, 6) is -0.859. The molecule has 0 radical (unpaired) electrons. The van der Waals surface area contributed by atoms with Gasteiger partial charge in [-0.05, 0) is 83.5 Å². The highest BCUT2D eigenvalue weighted by molar-refractivity contribution is 5.71. The maximum absolute atomic E-state index is 13.0. The zero-order chi connectivity index (χ0) is 58.5. The Morgan fingerprint density at radius 1 is 0.247 bits per heavy atom. The van der Waals surface area contributed by atoms with Crippen molar-refractivity contribution in [2.24, 2.45) is 0 Å². The number of rotatable bonds is 67. The molecule has 0 aromatic heterocycles. The average molecular weight is 1140 g/mol. The van der Waals surface area contributed by atoms with Crippen molar-refractivity contribution >= 4 is 17.9 Å². The lowest BCUT2D eigenvalue weighted by atomic mass is 10.0. The van der Waals surface area contributed by atoms with Gasteiger partial charge < -0.3 is 14.2 Å². The van der Waals surface area contributed by atoms with Crippen LogP contribution < -0.4 is 0 Å². The molecule has 0 aromatic rings. The van der Waals surface area contributed by atoms with Gasteiger partial charge in [0.15, 0.2) is 6.10 Å². The molecule has 81 heavy (non-hydrogen) atoms. The summed E-state index contributed by atoms with van der Waals surface area (Å²) in [6.45, 7) is 6.67. The Kier molecular flexibility index (Phi) is 67.6. The van der Waals surface area contributed by atoms with Gasteiger partial charge in [0.1, 0.15) is 13.2 Å². The van der Waals surface area contributed by atoms with Gasteiger partial charge in [0, 0.05) is 19.3 Å². The molecule has 0 N–H and O–H groups in total. The zero-order valence-corrected chi connectivity index (χ0v) is 54.6. The van der Waals surface area contributed by atoms with Gasteiger partial charge in [-0.1, -0.05) is 339 Å². The van der Waals surface area contributed by atoms with E-state index in [1.807, 2.05) is 0 Å². The number of unbranched alkanes of at least 4 members (excludes halogenated alkanes) is 48. The average Bonchev–Trinajstić information content (AvgIpc) is 3.46. The summed E-state index contributed by atoms with van der Waals surface area (Å²) in [5.41, 5.74) is 0. The molecular weight excluding hydrogens is 997 g/mol. The maximum Gasteiger partial charge on any atom is 0.306 e. The van der Waals surface area contributed by atoms with Crippen molar-refractivity contribution in [1.82, 2.24) is 0 Å². The smallest absolute Gasteiger partial charge is 0.306 e. The Morgan fingerprint density at radius 2 is 0.444 bits per heavy atom. The van der Waals surface area contributed by atoms with E-state index < -0.39 is 6.10 Å². The Bertz CT molecular complexity index is 1400. The Morgan fingerprint density at radius 3 is 0.716 bits per heavy atom. The van der Waals surface area contributed by atoms with E-state index in [9.17, 15) is 14.4 Å². The van der Waals surface area contributed by atoms with E-state index >= 15 is 0 Å². The highest BCUT2D eigenvalue weighted by Crippen LogP contribution is 2.18. The Hall–Kier alpha value is -2.63. The second kappa shape index (κ2) is 69.9. The first-order valence-corrected chi connectivity index (χ1v) is 36.1. The zero-order valence-electron chi connectivity index (χ0n) is 54.6. The van der Waals surface area contributed by atoms with E-state index in [0.717, 1.165) is 77.0 Å². The van der Waals surface area contributed by atoms with Crippen LogP contribution in [-0.2, 0) is 28.6 Å². The first-order valence-electron chi connectivity index (χ1n) is 36.1. The predicted octanol–water partition coefficient (Wildman–Crippen LogP) is 24.9. The van der Waals surface area contributed by atoms with Crippen LogP contribution in [0.25, 0.3) is 0 Å². The molecule has 0 spiro atoms. The SMILES string of the molecule is CCCCCC/C=C\CCCCCCCC(=O)OCC(COC(=O)CCCCCCCCCCCC/C=C\C/C=C\C/C=C\CCCCCCC)OC(=O)CCCCCCCCCCCCCCCCCCCCCCCCCCC. The van der Waals surface area contributed by atoms with Gasteiger partial charge in [-0.25, -0.2) is 0 Å². The molecule has 1 atom stereocenters. The van der Waals surface area contributed by atoms with Crippen molar-refractivity contribution in [3.05, 3.63) is 48.6 Å². The summed E-state index contributed by atoms with van der Waals surface area (Å²) in [6.07, 6.45) is 88.6. The van der Waals surface area contributed by atoms with Crippen molar-refractivity contribution in [2.75, 3.05) is 13.2 Å². The molecule has 0 rings (SSSR count). The first-order chi connectivity index (χ1) is 40.0. The van der Waals surface area contributed by atoms with Gasteiger partial charge in [-0.3, -0.25) is 14.4 Å². The highest BCUT2D eigenvalue weighted by atomic mass is 16.6. The predicted molar refractivity (Wildman–Crippen MR) is 353 cm³/mol. The largest absolute Gasteiger partial charge is 0.462 e. The molecule has 474 valence electrons. The van der Waals surface area contributed by atoms with Gasteiger partial charge >= 0.3 is 17.9 Å². The quantitative estimate of drug-likeness (QED) is 0.0261. The van der Waals surface area contributed by atoms with E-state index in [1.165, 1.54) is 276 Å². The van der Waals surface area contributed by atoms with Crippen LogP contribution in [0, 0.1) is 0 Å². The lowest BCUT2D eigenvalue weighted by Gasteiger charge is -2.18. The molecule has 0 saturated heterocycles. The van der Waals surface area contributed by atoms with Gasteiger partial charge in [-0.2, -0.15) is 0 Å². The van der Waals surface area contributed by atoms with E-state index in [4.69, 9.17) is 14.2 Å². The molecule has 0 aromatic carbocycles. The third-order valence-corrected chi connectivity index (χ3v) is 16.3. The van der Waals surface area contributed by atoms with Crippen LogP contribution in [0.4, 0.5) is 0 Å². The number of hydrogen-bond donors (Lipinski definition) is 0. The number of allylic oxidation sites excluding steroid dienone is 8. The Labute approximate surface area is 505 Å². The fourth-order valence-corrected chi connectivity index (χ4v) is 10.9. The first kappa shape index (κ1) is 78.4. The van der Waals surface area contributed by atoms with Gasteiger partial charge in [0.25, 0.3) is 0 Å². The third-order valence-electron chi connectivity index (χ3n) is 16.3. The van der Waals surface area contributed by atoms with Gasteiger partial charge in [0.2, 0.25) is 0 Å². The van der Waals surface area contributed by atoms with Crippen molar-refractivity contribution in [2.45, 2.75) is 399 Å². The monoisotopic (exact) mass is 1140 g/mol. The number of ether oxygens (including phenoxy) is 3. The molecule has 6 heteroatoms. The molecular formula is C75H138O6. The summed E-state index contributed by atoms with van der Waals surface area (Å²) in [5, 5.41) is 0. The van der Waals surface area contributed by atoms with Gasteiger partial charge in [0.05, 0.1) is 0 Å². The topological polar surface area (TPSA) is 78.9 Å². The summed E-state index contributed by atoms with van der Waals surface area (Å²) in [4.78, 5) is 38.4. The summed E-state index contributed by atoms with van der Waals surface area (Å²) >= 11 is 0. The highest BCUT2D eigenvalue weighted by Gasteiger charge is 2.19. The lowest BCUT2D eigenvalue weighted by Crippen LogP contribution is -2.30. The normalized spacial score (nSPS) is 12.3. The van der Waals surface area contributed by atoms with Crippen LogP contribution in [0.2, 0.25) is 0 Å². The molecule has 1 unspecified atom stereocenters. The molecule has 0 aliphatic rings. The van der Waals surface area contributed by atoms with Crippen LogP contribution in [0.1, 0.15) is 393 Å². The minimum Gasteiger partial charge on any atom is -0.462 e. The van der Waals surface area contributed by atoms with E-state index in [0.29, 0.717) is 19.3 Å². The Balaban J connectivity index is 4.24. The van der Waals surface area contributed by atoms with Crippen LogP contribution in [0.5, 0.6) is 0 Å². The van der Waals surface area contributed by atoms with Gasteiger partial charge in [-0.15, -0.1) is 0 Å². The summed E-state index contributed by atoms with van der Waals surface area (Å²) in [7, 11) is 0. The fourth-order valence-electron chi connectivity index (χ4n) is 10.9. The minimum absolute atomic E-state index is 0.0738. The lowest BCUT2D eigenvalue weighted by molar-refractivity contribution is -0.167. The summed E-state index contributed by atoms with van der Waals surface area (Å²) < 4.78 is 17.0. The number of hydrogen-bond acceptors (Lipinski definition) is 6. The van der Waals surface area contributed by atoms with Crippen molar-refractivity contribution in [3.8, 4) is 0 Å². The van der Waals surface area contributed by atoms with E-state index in [-0.39, 0.29) is 31.1 Å². The maximum atomic E-state index is 13.0. The molecule has 0 heterocycles. The molecule has 0 bridgehead atoms. The third kappa shape index (κ3) is 68.0. The van der Waals surface area contributed by atoms with Crippen molar-refractivity contribution in [3.63, 3.8) is 0 Å². The van der Waals surface area contributed by atoms with Crippen LogP contribution in [0.3, 0.4) is 0 Å². The molecule has 0 amide bonds. The van der Waals surface area contributed by atoms with E-state index in [1.54, 1.807) is 0 Å². The summed E-state index contributed by atoms with van der Waals surface area (Å²) in [6, 6.07) is 0. The molecule has 0 saturated carbocycles. The molecule has 6 nitrogen and oxygen atoms in total. The standard InChI is InChI=1S/C75H138O6/c1-4-7-10-13-16-19-22-25-27-29-31-33-35-37-39-41-43-45-47-50-53-56-59-62-65-68-74(77)80-71-72(70-79-73(76)67-64-61-58-55-52-49-24-21-18-15-12-9-6-3)81-75(78)69-66-63-60-57-54-51-48-46-44-42-40-38-36-34-32-30-28-26-23-20-17-14-11-8-5-2/h21-22,24-25,29,31,35,37,72H,4-20,23,26-28,30,32-34,36,38-71H2,1-3H3/b24-21-,25-22-,31-29-,37-35-. The minimum atomic E-state index is -0.777. The van der Waals surface area contributed by atoms with Crippen LogP contribution in [-0.4, -0.2) is 37.2 Å². The van der Waals surface area contributed by atoms with Crippen molar-refractivity contribution in [1.29, 1.82) is 0 Å². The van der Waals surface area contributed by atoms with Crippen LogP contribution in [0.15, 0.2) is 48.6 Å². The van der Waals surface area contributed by atoms with E-state index in [2.05, 4.69) is 69.4 Å². The molecule has 0 aliphatic heterocycles. The fraction of sp³-hybridized carbons (Fsp3) is 0.853. The van der Waals surface area contributed by atoms with Crippen LogP contribution >= 0.6 is 0 Å². The second-order valence-corrected chi connectivity index (χ2v) is 24.5. The molecule has 0 fully saturated rings. The second-order valence-electron chi connectivity index (χ2n) is 24.5. The molecule has 0 aliphatic carbocycles. The number of carbonyl (C=O) groups is 3. The van der Waals surface area contributed by atoms with Crippen molar-refractivity contribution < 1.29 is 28.6 Å².